The van der Waals surface area contributed by atoms with Gasteiger partial charge in [0, 0.05) is 25.3 Å². The monoisotopic (exact) mass is 413 g/mol. The maximum atomic E-state index is 13.4. The Labute approximate surface area is 175 Å². The smallest absolute Gasteiger partial charge is 0.249 e. The van der Waals surface area contributed by atoms with Crippen molar-refractivity contribution in [3.05, 3.63) is 23.8 Å². The summed E-state index contributed by atoms with van der Waals surface area (Å²) in [6.07, 6.45) is 10.2. The Kier molecular flexibility index (Phi) is 5.34. The van der Waals surface area contributed by atoms with E-state index in [9.17, 15) is 24.0 Å². The Balaban J connectivity index is 1.45. The largest absolute Gasteiger partial charge is 0.352 e. The van der Waals surface area contributed by atoms with E-state index >= 15 is 0 Å². The zero-order valence-corrected chi connectivity index (χ0v) is 17.1. The second-order valence-corrected chi connectivity index (χ2v) is 8.52. The van der Waals surface area contributed by atoms with Crippen molar-refractivity contribution in [2.75, 3.05) is 6.54 Å². The summed E-state index contributed by atoms with van der Waals surface area (Å²) in [6.45, 7) is 2.33. The Morgan fingerprint density at radius 2 is 2.03 bits per heavy atom. The molecule has 30 heavy (non-hydrogen) atoms. The van der Waals surface area contributed by atoms with Gasteiger partial charge in [-0.1, -0.05) is 44.4 Å². The fourth-order valence-electron chi connectivity index (χ4n) is 5.15. The summed E-state index contributed by atoms with van der Waals surface area (Å²) >= 11 is 0. The third-order valence-electron chi connectivity index (χ3n) is 6.74. The fourth-order valence-corrected chi connectivity index (χ4v) is 5.15. The summed E-state index contributed by atoms with van der Waals surface area (Å²) in [6, 6.07) is -0.939. The Bertz CT molecular complexity index is 876. The number of imide groups is 2. The van der Waals surface area contributed by atoms with Gasteiger partial charge in [-0.15, -0.1) is 0 Å². The second-order valence-electron chi connectivity index (χ2n) is 8.52. The first kappa shape index (κ1) is 20.5. The minimum atomic E-state index is -0.983. The number of nitrogens with zero attached hydrogens (tertiary/aromatic N) is 1. The zero-order valence-electron chi connectivity index (χ0n) is 17.1. The Morgan fingerprint density at radius 1 is 1.23 bits per heavy atom. The molecule has 1 saturated carbocycles. The lowest BCUT2D eigenvalue weighted by Crippen LogP contribution is -2.56. The minimum absolute atomic E-state index is 0.0643. The molecule has 4 atom stereocenters. The molecule has 3 fully saturated rings. The molecule has 8 nitrogen and oxygen atoms in total. The van der Waals surface area contributed by atoms with Crippen LogP contribution in [0.3, 0.4) is 0 Å². The zero-order chi connectivity index (χ0) is 21.5. The number of unbranched alkanes of at least 4 members (excludes halogenated alkanes) is 3. The number of allylic oxidation sites excluding steroid dienone is 3. The topological polar surface area (TPSA) is 113 Å². The van der Waals surface area contributed by atoms with Gasteiger partial charge in [-0.25, -0.2) is 0 Å². The predicted octanol–water partition coefficient (Wildman–Crippen LogP) is 0.976. The van der Waals surface area contributed by atoms with Gasteiger partial charge in [0.15, 0.2) is 0 Å². The second kappa shape index (κ2) is 7.81. The molecule has 0 aromatic carbocycles. The van der Waals surface area contributed by atoms with Gasteiger partial charge < -0.3 is 5.32 Å². The molecule has 4 unspecified atom stereocenters. The summed E-state index contributed by atoms with van der Waals surface area (Å²) < 4.78 is 0. The summed E-state index contributed by atoms with van der Waals surface area (Å²) in [5, 5.41) is 5.11. The number of hydrogen-bond donors (Lipinski definition) is 2. The maximum Gasteiger partial charge on any atom is 0.249 e. The van der Waals surface area contributed by atoms with Gasteiger partial charge in [-0.2, -0.15) is 0 Å². The molecule has 160 valence electrons. The number of hydrogen-bond acceptors (Lipinski definition) is 5. The van der Waals surface area contributed by atoms with Crippen LogP contribution in [0.1, 0.15) is 51.9 Å². The SMILES string of the molecule is CCCCCCC(=O)NCC1=CC=CC2C3C(=O)N(C4CCC(=O)NC4=O)C(=O)C123. The van der Waals surface area contributed by atoms with E-state index in [0.717, 1.165) is 36.2 Å². The van der Waals surface area contributed by atoms with Crippen LogP contribution in [-0.2, 0) is 24.0 Å². The van der Waals surface area contributed by atoms with E-state index in [1.54, 1.807) is 6.08 Å². The number of carbonyl (C=O) groups is 5. The Morgan fingerprint density at radius 3 is 2.77 bits per heavy atom. The highest BCUT2D eigenvalue weighted by Gasteiger charge is 2.80. The van der Waals surface area contributed by atoms with Crippen LogP contribution in [0.5, 0.6) is 0 Å². The highest BCUT2D eigenvalue weighted by atomic mass is 16.2. The van der Waals surface area contributed by atoms with Gasteiger partial charge in [-0.3, -0.25) is 34.2 Å². The standard InChI is InChI=1S/C22H27N3O5/c1-2-3-4-5-9-16(26)23-12-13-7-6-8-14-18-20(29)25(21(30)22(13,14)18)15-10-11-17(27)24-19(15)28/h6-8,14-15,18H,2-5,9-12H2,1H3,(H,23,26)(H,24,27,28). The first-order valence-corrected chi connectivity index (χ1v) is 10.8. The van der Waals surface area contributed by atoms with Crippen LogP contribution >= 0.6 is 0 Å². The highest BCUT2D eigenvalue weighted by molar-refractivity contribution is 6.17. The fraction of sp³-hybridized carbons (Fsp3) is 0.591. The van der Waals surface area contributed by atoms with Crippen LogP contribution in [0, 0.1) is 17.3 Å². The first-order valence-electron chi connectivity index (χ1n) is 10.8. The summed E-state index contributed by atoms with van der Waals surface area (Å²) in [5.41, 5.74) is -0.265. The molecule has 2 saturated heterocycles. The number of amides is 5. The van der Waals surface area contributed by atoms with Gasteiger partial charge >= 0.3 is 0 Å². The van der Waals surface area contributed by atoms with E-state index < -0.39 is 23.3 Å². The third-order valence-corrected chi connectivity index (χ3v) is 6.74. The van der Waals surface area contributed by atoms with Crippen molar-refractivity contribution in [2.45, 2.75) is 57.9 Å². The summed E-state index contributed by atoms with van der Waals surface area (Å²) in [7, 11) is 0. The van der Waals surface area contributed by atoms with Crippen LogP contribution in [0.2, 0.25) is 0 Å². The quantitative estimate of drug-likeness (QED) is 0.455. The van der Waals surface area contributed by atoms with Gasteiger partial charge in [0.05, 0.1) is 11.3 Å². The van der Waals surface area contributed by atoms with Crippen LogP contribution in [0.15, 0.2) is 23.8 Å². The van der Waals surface area contributed by atoms with E-state index in [0.29, 0.717) is 6.42 Å². The molecular weight excluding hydrogens is 386 g/mol. The van der Waals surface area contributed by atoms with Gasteiger partial charge in [0.2, 0.25) is 29.5 Å². The van der Waals surface area contributed by atoms with Crippen LogP contribution in [-0.4, -0.2) is 47.0 Å². The average molecular weight is 413 g/mol. The molecule has 0 aromatic rings. The lowest BCUT2D eigenvalue weighted by atomic mass is 9.87. The minimum Gasteiger partial charge on any atom is -0.352 e. The van der Waals surface area contributed by atoms with Gasteiger partial charge in [0.25, 0.3) is 0 Å². The van der Waals surface area contributed by atoms with Gasteiger partial charge in [-0.05, 0) is 18.4 Å². The highest BCUT2D eigenvalue weighted by Crippen LogP contribution is 2.70. The number of fused-ring (bicyclic) bond motifs is 1. The summed E-state index contributed by atoms with van der Waals surface area (Å²) in [5.74, 6) is -2.54. The molecule has 0 aromatic heterocycles. The van der Waals surface area contributed by atoms with Crippen LogP contribution in [0.4, 0.5) is 0 Å². The van der Waals surface area contributed by atoms with E-state index in [-0.39, 0.29) is 48.9 Å². The molecule has 1 spiro atoms. The van der Waals surface area contributed by atoms with Gasteiger partial charge in [0.1, 0.15) is 6.04 Å². The lowest BCUT2D eigenvalue weighted by Gasteiger charge is -2.32. The van der Waals surface area contributed by atoms with Crippen molar-refractivity contribution < 1.29 is 24.0 Å². The lowest BCUT2D eigenvalue weighted by molar-refractivity contribution is -0.153. The maximum absolute atomic E-state index is 13.4. The molecule has 2 N–H and O–H groups in total. The molecule has 8 heteroatoms. The molecule has 4 rings (SSSR count). The average Bonchev–Trinajstić information content (AvgIpc) is 3.36. The molecule has 0 radical (unpaired) electrons. The molecule has 4 aliphatic rings. The number of piperidine rings is 2. The Hall–Kier alpha value is -2.77. The molecule has 2 heterocycles. The molecule has 0 bridgehead atoms. The number of carbonyl (C=O) groups excluding carboxylic acids is 5. The van der Waals surface area contributed by atoms with Crippen molar-refractivity contribution in [2.24, 2.45) is 17.3 Å². The molecular formula is C22H27N3O5. The van der Waals surface area contributed by atoms with Crippen molar-refractivity contribution in [3.8, 4) is 0 Å². The van der Waals surface area contributed by atoms with E-state index in [1.807, 2.05) is 12.2 Å². The van der Waals surface area contributed by atoms with E-state index in [4.69, 9.17) is 0 Å². The predicted molar refractivity (Wildman–Crippen MR) is 106 cm³/mol. The van der Waals surface area contributed by atoms with Crippen molar-refractivity contribution >= 4 is 29.5 Å². The molecule has 2 aliphatic heterocycles. The van der Waals surface area contributed by atoms with Crippen molar-refractivity contribution in [3.63, 3.8) is 0 Å². The molecule has 2 aliphatic carbocycles. The van der Waals surface area contributed by atoms with E-state index in [1.165, 1.54) is 0 Å². The summed E-state index contributed by atoms with van der Waals surface area (Å²) in [4.78, 5) is 63.3. The number of rotatable bonds is 8. The van der Waals surface area contributed by atoms with E-state index in [2.05, 4.69) is 17.6 Å². The number of likely N-dealkylation sites (tertiary alicyclic amines) is 1. The molecule has 5 amide bonds. The van der Waals surface area contributed by atoms with Crippen LogP contribution in [0.25, 0.3) is 0 Å². The third kappa shape index (κ3) is 3.09. The number of nitrogens with one attached hydrogen (secondary N) is 2. The van der Waals surface area contributed by atoms with Crippen molar-refractivity contribution in [1.82, 2.24) is 15.5 Å². The van der Waals surface area contributed by atoms with Crippen molar-refractivity contribution in [1.29, 1.82) is 0 Å². The first-order chi connectivity index (χ1) is 14.4. The normalized spacial score (nSPS) is 31.8. The van der Waals surface area contributed by atoms with Crippen LogP contribution < -0.4 is 10.6 Å².